The van der Waals surface area contributed by atoms with Gasteiger partial charge in [0.25, 0.3) is 11.5 Å². The first-order valence-corrected chi connectivity index (χ1v) is 13.8. The molecule has 12 nitrogen and oxygen atoms in total. The molecule has 2 aromatic heterocycles. The van der Waals surface area contributed by atoms with Gasteiger partial charge in [-0.2, -0.15) is 0 Å². The third kappa shape index (κ3) is 4.62. The number of methoxy groups -OCH3 is 1. The van der Waals surface area contributed by atoms with Crippen LogP contribution in [0.4, 0.5) is 5.69 Å². The van der Waals surface area contributed by atoms with Gasteiger partial charge in [0.15, 0.2) is 0 Å². The fraction of sp³-hybridized carbons (Fsp3) is 0.414. The number of esters is 1. The Balaban J connectivity index is 1.47. The van der Waals surface area contributed by atoms with Gasteiger partial charge in [-0.3, -0.25) is 32.7 Å². The highest BCUT2D eigenvalue weighted by Crippen LogP contribution is 2.27. The second-order valence-corrected chi connectivity index (χ2v) is 10.4. The van der Waals surface area contributed by atoms with Gasteiger partial charge in [-0.05, 0) is 57.9 Å². The van der Waals surface area contributed by atoms with Crippen LogP contribution in [0, 0.1) is 6.92 Å². The summed E-state index contributed by atoms with van der Waals surface area (Å²) in [6.45, 7) is 6.82. The van der Waals surface area contributed by atoms with Crippen LogP contribution in [0.1, 0.15) is 48.7 Å². The standard InChI is InChI=1S/C29H34N6O6/c1-5-32-23-14-19(21(30)15-24(23)33(6-2)28(32)39)26(37)31-11-9-18(10-12-31)35-27(38)20-13-17(3)7-8-22(20)34(29(35)40)16-25(36)41-4/h7-8,13-15,18H,5-6,9-12,16,30H2,1-4H3. The number of aryl methyl sites for hydroxylation is 3. The van der Waals surface area contributed by atoms with E-state index in [2.05, 4.69) is 0 Å². The number of amides is 1. The highest BCUT2D eigenvalue weighted by atomic mass is 16.5. The first-order chi connectivity index (χ1) is 19.6. The van der Waals surface area contributed by atoms with Crippen LogP contribution >= 0.6 is 0 Å². The summed E-state index contributed by atoms with van der Waals surface area (Å²) in [4.78, 5) is 67.2. The second kappa shape index (κ2) is 10.8. The van der Waals surface area contributed by atoms with Gasteiger partial charge in [-0.15, -0.1) is 0 Å². The highest BCUT2D eigenvalue weighted by Gasteiger charge is 2.29. The van der Waals surface area contributed by atoms with Crippen LogP contribution in [0.25, 0.3) is 21.9 Å². The van der Waals surface area contributed by atoms with Gasteiger partial charge in [0, 0.05) is 37.9 Å². The monoisotopic (exact) mass is 562 g/mol. The average Bonchev–Trinajstić information content (AvgIpc) is 3.23. The lowest BCUT2D eigenvalue weighted by Gasteiger charge is -2.33. The van der Waals surface area contributed by atoms with Crippen molar-refractivity contribution in [3.05, 3.63) is 72.8 Å². The number of nitrogen functional groups attached to an aromatic ring is 1. The summed E-state index contributed by atoms with van der Waals surface area (Å²) in [7, 11) is 1.24. The molecule has 2 N–H and O–H groups in total. The van der Waals surface area contributed by atoms with Crippen LogP contribution in [0.2, 0.25) is 0 Å². The molecule has 0 atom stereocenters. The predicted molar refractivity (Wildman–Crippen MR) is 155 cm³/mol. The molecule has 0 saturated carbocycles. The molecule has 2 aromatic carbocycles. The second-order valence-electron chi connectivity index (χ2n) is 10.4. The van der Waals surface area contributed by atoms with E-state index in [1.165, 1.54) is 16.2 Å². The number of anilines is 1. The lowest BCUT2D eigenvalue weighted by atomic mass is 10.0. The summed E-state index contributed by atoms with van der Waals surface area (Å²) >= 11 is 0. The van der Waals surface area contributed by atoms with Crippen LogP contribution in [0.15, 0.2) is 44.7 Å². The molecule has 1 aliphatic heterocycles. The molecule has 4 aromatic rings. The largest absolute Gasteiger partial charge is 0.468 e. The van der Waals surface area contributed by atoms with E-state index < -0.39 is 23.3 Å². The van der Waals surface area contributed by atoms with Gasteiger partial charge in [0.05, 0.1) is 34.6 Å². The Morgan fingerprint density at radius 1 is 0.902 bits per heavy atom. The zero-order chi connectivity index (χ0) is 29.6. The van der Waals surface area contributed by atoms with E-state index in [9.17, 15) is 24.0 Å². The number of likely N-dealkylation sites (tertiary alicyclic amines) is 1. The Morgan fingerprint density at radius 3 is 2.15 bits per heavy atom. The Bertz CT molecular complexity index is 1870. The number of nitrogens with zero attached hydrogens (tertiary/aromatic N) is 5. The molecule has 0 radical (unpaired) electrons. The first kappa shape index (κ1) is 27.9. The molecular formula is C29H34N6O6. The maximum Gasteiger partial charge on any atom is 0.332 e. The molecule has 1 saturated heterocycles. The van der Waals surface area contributed by atoms with Gasteiger partial charge < -0.3 is 15.4 Å². The summed E-state index contributed by atoms with van der Waals surface area (Å²) in [5, 5.41) is 0.342. The van der Waals surface area contributed by atoms with Crippen molar-refractivity contribution in [2.45, 2.75) is 59.3 Å². The van der Waals surface area contributed by atoms with Crippen LogP contribution in [-0.2, 0) is 29.2 Å². The summed E-state index contributed by atoms with van der Waals surface area (Å²) in [6.07, 6.45) is 0.731. The zero-order valence-corrected chi connectivity index (χ0v) is 23.7. The van der Waals surface area contributed by atoms with Crippen molar-refractivity contribution < 1.29 is 14.3 Å². The van der Waals surface area contributed by atoms with E-state index in [0.717, 1.165) is 5.56 Å². The molecule has 1 aliphatic rings. The van der Waals surface area contributed by atoms with Gasteiger partial charge in [0.1, 0.15) is 6.54 Å². The smallest absolute Gasteiger partial charge is 0.332 e. The van der Waals surface area contributed by atoms with Crippen LogP contribution in [0.3, 0.4) is 0 Å². The Hall–Kier alpha value is -4.61. The van der Waals surface area contributed by atoms with E-state index in [1.54, 1.807) is 44.4 Å². The fourth-order valence-electron chi connectivity index (χ4n) is 5.85. The number of benzene rings is 2. The van der Waals surface area contributed by atoms with Crippen molar-refractivity contribution in [1.82, 2.24) is 23.2 Å². The normalized spacial score (nSPS) is 14.2. The van der Waals surface area contributed by atoms with Crippen LogP contribution < -0.4 is 22.7 Å². The zero-order valence-electron chi connectivity index (χ0n) is 23.7. The van der Waals surface area contributed by atoms with E-state index in [0.29, 0.717) is 66.5 Å². The number of carbonyl (C=O) groups is 2. The number of ether oxygens (including phenoxy) is 1. The lowest BCUT2D eigenvalue weighted by molar-refractivity contribution is -0.141. The molecular weight excluding hydrogens is 528 g/mol. The highest BCUT2D eigenvalue weighted by molar-refractivity contribution is 6.03. The molecule has 0 spiro atoms. The fourth-order valence-corrected chi connectivity index (χ4v) is 5.85. The summed E-state index contributed by atoms with van der Waals surface area (Å²) in [5.41, 5.74) is 8.29. The summed E-state index contributed by atoms with van der Waals surface area (Å²) in [5.74, 6) is -0.872. The van der Waals surface area contributed by atoms with Crippen molar-refractivity contribution in [3.63, 3.8) is 0 Å². The van der Waals surface area contributed by atoms with Crippen molar-refractivity contribution in [1.29, 1.82) is 0 Å². The number of rotatable bonds is 6. The number of fused-ring (bicyclic) bond motifs is 2. The van der Waals surface area contributed by atoms with Gasteiger partial charge in [-0.25, -0.2) is 9.59 Å². The van der Waals surface area contributed by atoms with Crippen LogP contribution in [0.5, 0.6) is 0 Å². The molecule has 1 amide bonds. The molecule has 0 bridgehead atoms. The molecule has 12 heteroatoms. The minimum absolute atomic E-state index is 0.149. The number of nitrogens with two attached hydrogens (primary N) is 1. The van der Waals surface area contributed by atoms with Gasteiger partial charge in [0.2, 0.25) is 0 Å². The molecule has 0 unspecified atom stereocenters. The Kier molecular flexibility index (Phi) is 7.33. The number of carbonyl (C=O) groups excluding carboxylic acids is 2. The summed E-state index contributed by atoms with van der Waals surface area (Å²) in [6, 6.07) is 8.04. The third-order valence-electron chi connectivity index (χ3n) is 8.01. The number of piperidine rings is 1. The maximum atomic E-state index is 13.6. The quantitative estimate of drug-likeness (QED) is 0.279. The average molecular weight is 563 g/mol. The van der Waals surface area contributed by atoms with Gasteiger partial charge >= 0.3 is 17.3 Å². The minimum atomic E-state index is -0.600. The predicted octanol–water partition coefficient (Wildman–Crippen LogP) is 1.86. The van der Waals surface area contributed by atoms with Crippen molar-refractivity contribution in [2.75, 3.05) is 25.9 Å². The van der Waals surface area contributed by atoms with Gasteiger partial charge in [-0.1, -0.05) is 11.6 Å². The number of imidazole rings is 1. The SMILES string of the molecule is CCn1c(=O)n(CC)c2cc(C(=O)N3CCC(n4c(=O)c5cc(C)ccc5n(CC(=O)OC)c4=O)CC3)c(N)cc21. The topological polar surface area (TPSA) is 144 Å². The van der Waals surface area contributed by atoms with Crippen molar-refractivity contribution >= 4 is 39.5 Å². The van der Waals surface area contributed by atoms with Crippen LogP contribution in [-0.4, -0.2) is 55.2 Å². The molecule has 5 rings (SSSR count). The third-order valence-corrected chi connectivity index (χ3v) is 8.01. The molecule has 216 valence electrons. The van der Waals surface area contributed by atoms with Crippen molar-refractivity contribution in [2.24, 2.45) is 0 Å². The summed E-state index contributed by atoms with van der Waals surface area (Å²) < 4.78 is 10.5. The molecule has 41 heavy (non-hydrogen) atoms. The molecule has 0 aliphatic carbocycles. The van der Waals surface area contributed by atoms with E-state index in [4.69, 9.17) is 10.5 Å². The Labute approximate surface area is 235 Å². The van der Waals surface area contributed by atoms with E-state index >= 15 is 0 Å². The number of hydrogen-bond acceptors (Lipinski definition) is 7. The Morgan fingerprint density at radius 2 is 1.54 bits per heavy atom. The first-order valence-electron chi connectivity index (χ1n) is 13.8. The van der Waals surface area contributed by atoms with E-state index in [-0.39, 0.29) is 23.8 Å². The minimum Gasteiger partial charge on any atom is -0.468 e. The molecule has 1 fully saturated rings. The van der Waals surface area contributed by atoms with Crippen molar-refractivity contribution in [3.8, 4) is 0 Å². The number of hydrogen-bond donors (Lipinski definition) is 1. The van der Waals surface area contributed by atoms with E-state index in [1.807, 2.05) is 20.8 Å². The number of aromatic nitrogens is 4. The molecule has 3 heterocycles. The lowest BCUT2D eigenvalue weighted by Crippen LogP contribution is -2.47. The maximum absolute atomic E-state index is 13.6.